The highest BCUT2D eigenvalue weighted by Gasteiger charge is 2.72. The fourth-order valence-electron chi connectivity index (χ4n) is 4.33. The number of aliphatic hydroxyl groups is 1. The van der Waals surface area contributed by atoms with Crippen LogP contribution in [0.3, 0.4) is 0 Å². The van der Waals surface area contributed by atoms with E-state index in [-0.39, 0.29) is 30.0 Å². The molecule has 1 aliphatic carbocycles. The van der Waals surface area contributed by atoms with E-state index < -0.39 is 17.2 Å². The molecule has 0 bridgehead atoms. The zero-order valence-corrected chi connectivity index (χ0v) is 15.6. The van der Waals surface area contributed by atoms with Crippen LogP contribution in [0, 0.1) is 11.2 Å². The summed E-state index contributed by atoms with van der Waals surface area (Å²) in [4.78, 5) is 26.5. The van der Waals surface area contributed by atoms with Gasteiger partial charge in [-0.1, -0.05) is 13.8 Å². The van der Waals surface area contributed by atoms with Crippen LogP contribution in [0.2, 0.25) is 0 Å². The highest BCUT2D eigenvalue weighted by Crippen LogP contribution is 2.70. The molecule has 2 aromatic rings. The third-order valence-electron chi connectivity index (χ3n) is 5.83. The zero-order chi connectivity index (χ0) is 20.3. The van der Waals surface area contributed by atoms with Crippen molar-refractivity contribution in [2.24, 2.45) is 5.41 Å². The van der Waals surface area contributed by atoms with Gasteiger partial charge in [0.1, 0.15) is 5.82 Å². The number of nitrogens with zero attached hydrogens (tertiary/aromatic N) is 1. The number of carboxylic acids is 1. The molecule has 1 saturated carbocycles. The van der Waals surface area contributed by atoms with Crippen molar-refractivity contribution in [1.82, 2.24) is 0 Å². The lowest BCUT2D eigenvalue weighted by Gasteiger charge is -2.21. The largest absolute Gasteiger partial charge is 0.478 e. The second-order valence-electron chi connectivity index (χ2n) is 7.99. The number of aliphatic hydroxyl groups excluding tert-OH is 1. The van der Waals surface area contributed by atoms with E-state index in [2.05, 4.69) is 5.32 Å². The maximum Gasteiger partial charge on any atom is 0.335 e. The Morgan fingerprint density at radius 1 is 1.25 bits per heavy atom. The summed E-state index contributed by atoms with van der Waals surface area (Å²) >= 11 is 0. The summed E-state index contributed by atoms with van der Waals surface area (Å²) in [5.74, 6) is -1.70. The number of halogens is 1. The van der Waals surface area contributed by atoms with Crippen molar-refractivity contribution in [3.05, 3.63) is 53.3 Å². The van der Waals surface area contributed by atoms with E-state index in [1.807, 2.05) is 13.8 Å². The molecule has 1 fully saturated rings. The quantitative estimate of drug-likeness (QED) is 0.736. The van der Waals surface area contributed by atoms with Crippen LogP contribution in [0.15, 0.2) is 36.4 Å². The number of carboxylic acid groups (broad SMARTS) is 1. The minimum Gasteiger partial charge on any atom is -0.478 e. The molecule has 0 saturated heterocycles. The molecule has 1 amide bonds. The molecule has 6 nitrogen and oxygen atoms in total. The summed E-state index contributed by atoms with van der Waals surface area (Å²) in [5.41, 5.74) is 1.03. The first-order chi connectivity index (χ1) is 13.2. The number of fused-ring (bicyclic) bond motifs is 2. The number of hydrogen-bond donors (Lipinski definition) is 3. The van der Waals surface area contributed by atoms with E-state index in [0.717, 1.165) is 0 Å². The molecule has 1 atom stereocenters. The van der Waals surface area contributed by atoms with Crippen molar-refractivity contribution in [2.45, 2.75) is 25.7 Å². The minimum atomic E-state index is -1.12. The molecule has 2 aliphatic rings. The second-order valence-corrected chi connectivity index (χ2v) is 7.99. The molecule has 146 valence electrons. The van der Waals surface area contributed by atoms with Crippen LogP contribution in [-0.4, -0.2) is 35.2 Å². The zero-order valence-electron chi connectivity index (χ0n) is 15.6. The predicted molar refractivity (Wildman–Crippen MR) is 103 cm³/mol. The fourth-order valence-corrected chi connectivity index (χ4v) is 4.33. The first-order valence-electron chi connectivity index (χ1n) is 9.09. The van der Waals surface area contributed by atoms with Crippen LogP contribution < -0.4 is 10.2 Å². The van der Waals surface area contributed by atoms with E-state index in [1.54, 1.807) is 12.1 Å². The van der Waals surface area contributed by atoms with Gasteiger partial charge in [0, 0.05) is 12.2 Å². The Balaban J connectivity index is 1.87. The van der Waals surface area contributed by atoms with Crippen molar-refractivity contribution >= 4 is 28.9 Å². The number of anilines is 3. The Kier molecular flexibility index (Phi) is 3.97. The van der Waals surface area contributed by atoms with E-state index >= 15 is 0 Å². The monoisotopic (exact) mass is 384 g/mol. The summed E-state index contributed by atoms with van der Waals surface area (Å²) in [6.45, 7) is 4.08. The second kappa shape index (κ2) is 6.04. The predicted octanol–water partition coefficient (Wildman–Crippen LogP) is 3.27. The first kappa shape index (κ1) is 18.4. The first-order valence-corrected chi connectivity index (χ1v) is 9.09. The SMILES string of the molecule is CC1(C)CC12C(=O)N(c1cc(NCCO)cc(C(=O)O)c1)c1ccc(F)cc12. The van der Waals surface area contributed by atoms with Crippen LogP contribution >= 0.6 is 0 Å². The lowest BCUT2D eigenvalue weighted by Crippen LogP contribution is -2.31. The third kappa shape index (κ3) is 2.50. The third-order valence-corrected chi connectivity index (χ3v) is 5.83. The molecule has 0 aromatic heterocycles. The summed E-state index contributed by atoms with van der Waals surface area (Å²) in [6.07, 6.45) is 0.611. The van der Waals surface area contributed by atoms with Gasteiger partial charge in [-0.05, 0) is 53.8 Å². The minimum absolute atomic E-state index is 0.0189. The van der Waals surface area contributed by atoms with Crippen LogP contribution in [-0.2, 0) is 10.2 Å². The lowest BCUT2D eigenvalue weighted by atomic mass is 9.89. The van der Waals surface area contributed by atoms with Crippen molar-refractivity contribution in [3.8, 4) is 0 Å². The average Bonchev–Trinajstić information content (AvgIpc) is 3.15. The molecule has 28 heavy (non-hydrogen) atoms. The van der Waals surface area contributed by atoms with Crippen molar-refractivity contribution in [3.63, 3.8) is 0 Å². The standard InChI is InChI=1S/C21H21FN2O4/c1-20(2)11-21(20)16-9-13(22)3-4-17(16)24(19(21)28)15-8-12(18(26)27)7-14(10-15)23-5-6-25/h3-4,7-10,23,25H,5-6,11H2,1-2H3,(H,26,27). The summed E-state index contributed by atoms with van der Waals surface area (Å²) in [6, 6.07) is 8.84. The Hall–Kier alpha value is -2.93. The van der Waals surface area contributed by atoms with Crippen LogP contribution in [0.5, 0.6) is 0 Å². The maximum atomic E-state index is 14.0. The molecular weight excluding hydrogens is 363 g/mol. The number of carbonyl (C=O) groups is 2. The van der Waals surface area contributed by atoms with Gasteiger partial charge in [0.25, 0.3) is 0 Å². The summed E-state index contributed by atoms with van der Waals surface area (Å²) < 4.78 is 14.0. The molecule has 0 radical (unpaired) electrons. The maximum absolute atomic E-state index is 14.0. The highest BCUT2D eigenvalue weighted by molar-refractivity contribution is 6.16. The van der Waals surface area contributed by atoms with Crippen molar-refractivity contribution in [1.29, 1.82) is 0 Å². The van der Waals surface area contributed by atoms with Crippen LogP contribution in [0.1, 0.15) is 36.2 Å². The van der Waals surface area contributed by atoms with Gasteiger partial charge in [-0.2, -0.15) is 0 Å². The van der Waals surface area contributed by atoms with Gasteiger partial charge in [0.05, 0.1) is 29.0 Å². The van der Waals surface area contributed by atoms with Gasteiger partial charge in [-0.25, -0.2) is 9.18 Å². The number of aromatic carboxylic acids is 1. The Morgan fingerprint density at radius 3 is 2.57 bits per heavy atom. The number of hydrogen-bond acceptors (Lipinski definition) is 4. The highest BCUT2D eigenvalue weighted by atomic mass is 19.1. The van der Waals surface area contributed by atoms with Gasteiger partial charge in [0.2, 0.25) is 5.91 Å². The topological polar surface area (TPSA) is 89.9 Å². The number of carbonyl (C=O) groups excluding carboxylic acids is 1. The number of amides is 1. The molecule has 4 rings (SSSR count). The average molecular weight is 384 g/mol. The summed E-state index contributed by atoms with van der Waals surface area (Å²) in [5, 5.41) is 21.5. The molecule has 1 spiro atoms. The Labute approximate surface area is 161 Å². The van der Waals surface area contributed by atoms with Gasteiger partial charge in [0.15, 0.2) is 0 Å². The molecule has 1 unspecified atom stereocenters. The molecule has 1 aliphatic heterocycles. The summed E-state index contributed by atoms with van der Waals surface area (Å²) in [7, 11) is 0. The number of nitrogens with one attached hydrogen (secondary N) is 1. The van der Waals surface area contributed by atoms with Gasteiger partial charge in [-0.3, -0.25) is 9.69 Å². The number of benzene rings is 2. The van der Waals surface area contributed by atoms with E-state index in [9.17, 15) is 19.1 Å². The molecule has 3 N–H and O–H groups in total. The van der Waals surface area contributed by atoms with Crippen molar-refractivity contribution in [2.75, 3.05) is 23.4 Å². The molecular formula is C21H21FN2O4. The normalized spacial score (nSPS) is 21.7. The Morgan fingerprint density at radius 2 is 1.96 bits per heavy atom. The van der Waals surface area contributed by atoms with Gasteiger partial charge >= 0.3 is 5.97 Å². The Bertz CT molecular complexity index is 1000. The van der Waals surface area contributed by atoms with Crippen LogP contribution in [0.4, 0.5) is 21.5 Å². The molecule has 2 aromatic carbocycles. The molecule has 7 heteroatoms. The van der Waals surface area contributed by atoms with E-state index in [1.165, 1.54) is 29.2 Å². The molecule has 1 heterocycles. The fraction of sp³-hybridized carbons (Fsp3) is 0.333. The lowest BCUT2D eigenvalue weighted by molar-refractivity contribution is -0.120. The van der Waals surface area contributed by atoms with E-state index in [0.29, 0.717) is 29.0 Å². The van der Waals surface area contributed by atoms with Gasteiger partial charge < -0.3 is 15.5 Å². The van der Waals surface area contributed by atoms with E-state index in [4.69, 9.17) is 5.11 Å². The number of rotatable bonds is 5. The smallest absolute Gasteiger partial charge is 0.335 e. The van der Waals surface area contributed by atoms with Crippen LogP contribution in [0.25, 0.3) is 0 Å². The van der Waals surface area contributed by atoms with Gasteiger partial charge in [-0.15, -0.1) is 0 Å². The van der Waals surface area contributed by atoms with Crippen molar-refractivity contribution < 1.29 is 24.2 Å².